The number of ether oxygens (including phenoxy) is 5. The van der Waals surface area contributed by atoms with E-state index in [2.05, 4.69) is 130 Å². The van der Waals surface area contributed by atoms with Gasteiger partial charge >= 0.3 is 23.9 Å². The van der Waals surface area contributed by atoms with Crippen molar-refractivity contribution in [1.29, 1.82) is 0 Å². The molecule has 1 saturated heterocycles. The highest BCUT2D eigenvalue weighted by Crippen LogP contribution is 2.27. The van der Waals surface area contributed by atoms with Crippen LogP contribution in [0.25, 0.3) is 0 Å². The number of hydrogen-bond acceptors (Lipinski definition) is 11. The Morgan fingerprint density at radius 3 is 1.14 bits per heavy atom. The van der Waals surface area contributed by atoms with E-state index in [1.807, 2.05) is 0 Å². The summed E-state index contributed by atoms with van der Waals surface area (Å²) < 4.78 is 28.5. The van der Waals surface area contributed by atoms with E-state index >= 15 is 0 Å². The zero-order valence-corrected chi connectivity index (χ0v) is 53.6. The van der Waals surface area contributed by atoms with Crippen LogP contribution < -0.4 is 0 Å². The second-order valence-corrected chi connectivity index (χ2v) is 22.7. The Morgan fingerprint density at radius 1 is 0.400 bits per heavy atom. The molecule has 85 heavy (non-hydrogen) atoms. The summed E-state index contributed by atoms with van der Waals surface area (Å²) in [5.74, 6) is -3.18. The quantitative estimate of drug-likeness (QED) is 0.0228. The van der Waals surface area contributed by atoms with Gasteiger partial charge in [0.2, 0.25) is 0 Å². The first-order chi connectivity index (χ1) is 41.6. The van der Waals surface area contributed by atoms with Crippen molar-refractivity contribution < 1.29 is 58.2 Å². The minimum absolute atomic E-state index is 0.0542. The molecule has 0 aromatic carbocycles. The molecule has 1 aliphatic heterocycles. The molecule has 0 amide bonds. The van der Waals surface area contributed by atoms with Gasteiger partial charge in [0.05, 0.1) is 6.61 Å². The van der Waals surface area contributed by atoms with E-state index < -0.39 is 67.3 Å². The van der Waals surface area contributed by atoms with Crippen molar-refractivity contribution in [2.24, 2.45) is 0 Å². The van der Waals surface area contributed by atoms with E-state index in [-0.39, 0.29) is 25.9 Å². The fourth-order valence-corrected chi connectivity index (χ4v) is 9.74. The van der Waals surface area contributed by atoms with Crippen molar-refractivity contribution in [2.75, 3.05) is 13.2 Å². The first-order valence-corrected chi connectivity index (χ1v) is 33.9. The van der Waals surface area contributed by atoms with Gasteiger partial charge in [-0.1, -0.05) is 265 Å². The largest absolute Gasteiger partial charge is 0.479 e. The molecule has 1 heterocycles. The third kappa shape index (κ3) is 49.1. The Kier molecular flexibility index (Phi) is 55.1. The van der Waals surface area contributed by atoms with Crippen LogP contribution >= 0.6 is 0 Å². The molecule has 12 heteroatoms. The van der Waals surface area contributed by atoms with Gasteiger partial charge in [-0.25, -0.2) is 4.79 Å². The molecule has 0 saturated carbocycles. The Bertz CT molecular complexity index is 1890. The van der Waals surface area contributed by atoms with Crippen LogP contribution in [0.15, 0.2) is 109 Å². The molecule has 1 rings (SSSR count). The van der Waals surface area contributed by atoms with Crippen molar-refractivity contribution in [3.05, 3.63) is 109 Å². The minimum Gasteiger partial charge on any atom is -0.479 e. The van der Waals surface area contributed by atoms with Gasteiger partial charge in [0.25, 0.3) is 0 Å². The number of allylic oxidation sites excluding steroid dienone is 18. The molecular weight excluding hydrogens is 1070 g/mol. The smallest absolute Gasteiger partial charge is 0.335 e. The van der Waals surface area contributed by atoms with Crippen LogP contribution in [0.5, 0.6) is 0 Å². The Morgan fingerprint density at radius 2 is 0.741 bits per heavy atom. The number of hydrogen-bond donors (Lipinski definition) is 3. The lowest BCUT2D eigenvalue weighted by Gasteiger charge is -2.40. The Balaban J connectivity index is 2.69. The van der Waals surface area contributed by atoms with E-state index in [4.69, 9.17) is 23.7 Å². The molecule has 0 aliphatic carbocycles. The highest BCUT2D eigenvalue weighted by atomic mass is 16.7. The lowest BCUT2D eigenvalue weighted by Crippen LogP contribution is -2.61. The maximum Gasteiger partial charge on any atom is 0.335 e. The first kappa shape index (κ1) is 78.4. The molecule has 0 spiro atoms. The minimum atomic E-state index is -1.91. The average molecular weight is 1190 g/mol. The van der Waals surface area contributed by atoms with E-state index in [9.17, 15) is 34.5 Å². The highest BCUT2D eigenvalue weighted by molar-refractivity contribution is 5.74. The normalized spacial score (nSPS) is 18.2. The zero-order valence-electron chi connectivity index (χ0n) is 53.6. The fraction of sp³-hybridized carbons (Fsp3) is 0.699. The number of carboxylic acid groups (broad SMARTS) is 1. The Hall–Kier alpha value is -4.62. The van der Waals surface area contributed by atoms with Crippen LogP contribution in [0.4, 0.5) is 0 Å². The van der Waals surface area contributed by atoms with Gasteiger partial charge in [-0.2, -0.15) is 0 Å². The van der Waals surface area contributed by atoms with Crippen LogP contribution in [0.3, 0.4) is 0 Å². The molecule has 1 fully saturated rings. The van der Waals surface area contributed by atoms with Gasteiger partial charge in [0, 0.05) is 19.3 Å². The standard InChI is InChI=1S/C73H120O12/c1-4-7-10-13-16-19-22-25-28-31-33-36-38-41-44-47-50-53-56-59-65(74)81-62-64(83-66(75)60-57-54-51-48-45-42-40-37-34-32-29-26-23-20-17-14-11-8-5-2)63-82-73-71(69(78)68(77)70(85-73)72(79)80)84-67(76)61-58-55-52-49-46-43-39-35-30-27-24-21-18-15-12-9-6-3/h7-8,10-11,16-17,19-20,25-26,28-29,33-34,36-37,41,44,64,68-71,73,77-78H,4-6,9,12-15,18,21-24,27,30-32,35,38-40,42-43,45-63H2,1-3H3,(H,79,80)/b10-7-,11-8-,19-16-,20-17-,28-25-,29-26-,36-33-,37-34-,44-41-. The summed E-state index contributed by atoms with van der Waals surface area (Å²) in [7, 11) is 0. The van der Waals surface area contributed by atoms with Crippen LogP contribution in [-0.4, -0.2) is 89.2 Å². The number of carbonyl (C=O) groups excluding carboxylic acids is 3. The molecule has 3 N–H and O–H groups in total. The van der Waals surface area contributed by atoms with Gasteiger partial charge in [0.15, 0.2) is 24.6 Å². The number of esters is 3. The molecule has 1 aliphatic rings. The fourth-order valence-electron chi connectivity index (χ4n) is 9.74. The number of rotatable bonds is 57. The summed E-state index contributed by atoms with van der Waals surface area (Å²) in [6.45, 7) is 5.76. The molecule has 12 nitrogen and oxygen atoms in total. The number of carboxylic acids is 1. The van der Waals surface area contributed by atoms with Gasteiger partial charge in [-0.3, -0.25) is 14.4 Å². The lowest BCUT2D eigenvalue weighted by atomic mass is 9.98. The van der Waals surface area contributed by atoms with Crippen molar-refractivity contribution in [1.82, 2.24) is 0 Å². The van der Waals surface area contributed by atoms with Crippen LogP contribution in [-0.2, 0) is 42.9 Å². The highest BCUT2D eigenvalue weighted by Gasteiger charge is 2.50. The molecule has 0 aromatic rings. The summed E-state index contributed by atoms with van der Waals surface area (Å²) in [5.41, 5.74) is 0. The number of aliphatic hydroxyl groups excluding tert-OH is 2. The molecule has 0 aromatic heterocycles. The molecule has 484 valence electrons. The summed E-state index contributed by atoms with van der Waals surface area (Å²) in [4.78, 5) is 51.4. The summed E-state index contributed by atoms with van der Waals surface area (Å²) in [6, 6.07) is 0. The number of unbranched alkanes of at least 4 members (excludes halogenated alkanes) is 25. The van der Waals surface area contributed by atoms with Gasteiger partial charge < -0.3 is 39.0 Å². The van der Waals surface area contributed by atoms with Crippen LogP contribution in [0.1, 0.15) is 278 Å². The van der Waals surface area contributed by atoms with Crippen molar-refractivity contribution in [2.45, 2.75) is 314 Å². The van der Waals surface area contributed by atoms with E-state index in [0.717, 1.165) is 141 Å². The molecule has 0 bridgehead atoms. The third-order valence-corrected chi connectivity index (χ3v) is 14.8. The zero-order chi connectivity index (χ0) is 61.7. The maximum atomic E-state index is 13.2. The number of carbonyl (C=O) groups is 4. The van der Waals surface area contributed by atoms with Gasteiger partial charge in [-0.15, -0.1) is 0 Å². The first-order valence-electron chi connectivity index (χ1n) is 33.9. The van der Waals surface area contributed by atoms with E-state index in [1.54, 1.807) is 0 Å². The predicted octanol–water partition coefficient (Wildman–Crippen LogP) is 18.6. The lowest BCUT2D eigenvalue weighted by molar-refractivity contribution is -0.301. The van der Waals surface area contributed by atoms with Crippen LogP contribution in [0, 0.1) is 0 Å². The van der Waals surface area contributed by atoms with E-state index in [0.29, 0.717) is 19.3 Å². The molecular formula is C73H120O12. The van der Waals surface area contributed by atoms with Crippen molar-refractivity contribution in [3.63, 3.8) is 0 Å². The van der Waals surface area contributed by atoms with E-state index in [1.165, 1.54) is 77.0 Å². The topological polar surface area (TPSA) is 175 Å². The maximum absolute atomic E-state index is 13.2. The number of aliphatic hydroxyl groups is 2. The molecule has 6 unspecified atom stereocenters. The number of aliphatic carboxylic acids is 1. The van der Waals surface area contributed by atoms with Crippen LogP contribution in [0.2, 0.25) is 0 Å². The molecule has 6 atom stereocenters. The summed E-state index contributed by atoms with van der Waals surface area (Å²) >= 11 is 0. The second-order valence-electron chi connectivity index (χ2n) is 22.7. The predicted molar refractivity (Wildman–Crippen MR) is 349 cm³/mol. The van der Waals surface area contributed by atoms with Crippen molar-refractivity contribution in [3.8, 4) is 0 Å². The SMILES string of the molecule is CC/C=C\C/C=C\C/C=C\C/C=C\C/C=C\CCCCCC(=O)OCC(COC1OC(C(=O)O)C(O)C(O)C1OC(=O)CCCCCCCCCCCCCCCCCCC)OC(=O)CCCCCCCC/C=C\C/C=C\C/C=C\C/C=C\CC. The Labute approximate surface area is 516 Å². The monoisotopic (exact) mass is 1190 g/mol. The van der Waals surface area contributed by atoms with Gasteiger partial charge in [0.1, 0.15) is 18.8 Å². The third-order valence-electron chi connectivity index (χ3n) is 14.8. The average Bonchev–Trinajstić information content (AvgIpc) is 3.46. The van der Waals surface area contributed by atoms with Gasteiger partial charge in [-0.05, 0) is 103 Å². The summed E-state index contributed by atoms with van der Waals surface area (Å²) in [5, 5.41) is 31.6. The van der Waals surface area contributed by atoms with Crippen molar-refractivity contribution >= 4 is 23.9 Å². The second kappa shape index (κ2) is 59.7. The summed E-state index contributed by atoms with van der Waals surface area (Å²) in [6.07, 6.45) is 68.9. The molecule has 0 radical (unpaired) electrons.